The van der Waals surface area contributed by atoms with Crippen LogP contribution in [0.4, 0.5) is 8.78 Å². The number of amides is 1. The van der Waals surface area contributed by atoms with Crippen molar-refractivity contribution in [2.24, 2.45) is 0 Å². The van der Waals surface area contributed by atoms with Gasteiger partial charge in [0.1, 0.15) is 11.6 Å². The first-order valence-corrected chi connectivity index (χ1v) is 7.44. The molecule has 0 heterocycles. The van der Waals surface area contributed by atoms with E-state index in [0.29, 0.717) is 5.56 Å². The molecule has 23 heavy (non-hydrogen) atoms. The molecule has 2 aromatic carbocycles. The molecule has 0 aliphatic carbocycles. The largest absolute Gasteiger partial charge is 0.388 e. The number of carbonyl (C=O) groups excluding carboxylic acids is 1. The predicted octanol–water partition coefficient (Wildman–Crippen LogP) is 3.86. The molecule has 1 amide bonds. The third-order valence-corrected chi connectivity index (χ3v) is 3.70. The summed E-state index contributed by atoms with van der Waals surface area (Å²) in [4.78, 5) is 12.1. The summed E-state index contributed by atoms with van der Waals surface area (Å²) in [5, 5.41) is 12.8. The molecule has 0 aliphatic heterocycles. The van der Waals surface area contributed by atoms with Crippen LogP contribution in [0.2, 0.25) is 5.02 Å². The normalized spacial score (nSPS) is 13.4. The monoisotopic (exact) mass is 339 g/mol. The number of aliphatic hydroxyl groups excluding tert-OH is 1. The van der Waals surface area contributed by atoms with Crippen LogP contribution in [-0.4, -0.2) is 17.1 Å². The summed E-state index contributed by atoms with van der Waals surface area (Å²) in [5.74, 6) is -1.35. The van der Waals surface area contributed by atoms with Gasteiger partial charge in [-0.15, -0.1) is 0 Å². The van der Waals surface area contributed by atoms with Crippen molar-refractivity contribution in [1.29, 1.82) is 0 Å². The fourth-order valence-electron chi connectivity index (χ4n) is 2.19. The molecule has 0 aliphatic rings. The summed E-state index contributed by atoms with van der Waals surface area (Å²) in [6.07, 6.45) is -0.592. The van der Waals surface area contributed by atoms with E-state index in [0.717, 1.165) is 12.1 Å². The van der Waals surface area contributed by atoms with Crippen molar-refractivity contribution >= 4 is 17.5 Å². The molecular weight excluding hydrogens is 324 g/mol. The molecular formula is C17H16ClF2NO2. The second-order valence-electron chi connectivity index (χ2n) is 5.30. The number of carbonyl (C=O) groups is 1. The Morgan fingerprint density at radius 1 is 1.17 bits per heavy atom. The van der Waals surface area contributed by atoms with Crippen molar-refractivity contribution in [3.8, 4) is 0 Å². The maximum Gasteiger partial charge on any atom is 0.253 e. The quantitative estimate of drug-likeness (QED) is 0.869. The average Bonchev–Trinajstić information content (AvgIpc) is 2.47. The fraction of sp³-hybridized carbons (Fsp3) is 0.235. The summed E-state index contributed by atoms with van der Waals surface area (Å²) < 4.78 is 25.8. The Bertz CT molecular complexity index is 691. The van der Waals surface area contributed by atoms with Crippen molar-refractivity contribution in [1.82, 2.24) is 5.32 Å². The topological polar surface area (TPSA) is 49.3 Å². The predicted molar refractivity (Wildman–Crippen MR) is 84.3 cm³/mol. The molecule has 2 aromatic rings. The van der Waals surface area contributed by atoms with Crippen LogP contribution in [0.25, 0.3) is 0 Å². The van der Waals surface area contributed by atoms with Crippen LogP contribution >= 0.6 is 11.6 Å². The average molecular weight is 340 g/mol. The molecule has 0 radical (unpaired) electrons. The molecule has 0 spiro atoms. The Hall–Kier alpha value is -1.98. The maximum absolute atomic E-state index is 13.0. The Morgan fingerprint density at radius 2 is 1.78 bits per heavy atom. The van der Waals surface area contributed by atoms with Crippen LogP contribution in [0.1, 0.15) is 35.4 Å². The van der Waals surface area contributed by atoms with E-state index in [2.05, 4.69) is 5.32 Å². The molecule has 2 atom stereocenters. The lowest BCUT2D eigenvalue weighted by Gasteiger charge is -2.18. The lowest BCUT2D eigenvalue weighted by molar-refractivity contribution is 0.0917. The number of nitrogens with one attached hydrogen (secondary N) is 1. The summed E-state index contributed by atoms with van der Waals surface area (Å²) in [7, 11) is 0. The molecule has 0 bridgehead atoms. The highest BCUT2D eigenvalue weighted by atomic mass is 35.5. The Kier molecular flexibility index (Phi) is 5.69. The van der Waals surface area contributed by atoms with Crippen molar-refractivity contribution in [2.45, 2.75) is 25.5 Å². The van der Waals surface area contributed by atoms with Gasteiger partial charge in [-0.05, 0) is 49.2 Å². The highest BCUT2D eigenvalue weighted by Gasteiger charge is 2.17. The van der Waals surface area contributed by atoms with E-state index in [1.165, 1.54) is 30.3 Å². The van der Waals surface area contributed by atoms with E-state index in [4.69, 9.17) is 11.6 Å². The zero-order valence-corrected chi connectivity index (χ0v) is 13.1. The van der Waals surface area contributed by atoms with E-state index in [1.54, 1.807) is 6.92 Å². The van der Waals surface area contributed by atoms with Crippen LogP contribution in [0.15, 0.2) is 42.5 Å². The van der Waals surface area contributed by atoms with E-state index < -0.39 is 17.8 Å². The second kappa shape index (κ2) is 7.53. The number of rotatable bonds is 5. The molecule has 0 saturated heterocycles. The van der Waals surface area contributed by atoms with Gasteiger partial charge >= 0.3 is 0 Å². The second-order valence-corrected chi connectivity index (χ2v) is 5.71. The minimum atomic E-state index is -0.838. The molecule has 2 rings (SSSR count). The minimum Gasteiger partial charge on any atom is -0.388 e. The van der Waals surface area contributed by atoms with Crippen molar-refractivity contribution < 1.29 is 18.7 Å². The fourth-order valence-corrected chi connectivity index (χ4v) is 2.44. The molecule has 3 nitrogen and oxygen atoms in total. The standard InChI is InChI=1S/C17H16ClF2NO2/c1-10(8-16(22)11-2-4-12(19)5-3-11)21-17(23)14-7-6-13(20)9-15(14)18/h2-7,9-10,16,22H,8H2,1H3,(H,21,23). The van der Waals surface area contributed by atoms with Gasteiger partial charge < -0.3 is 10.4 Å². The Balaban J connectivity index is 1.97. The zero-order chi connectivity index (χ0) is 17.0. The molecule has 2 unspecified atom stereocenters. The van der Waals surface area contributed by atoms with Crippen LogP contribution in [0, 0.1) is 11.6 Å². The minimum absolute atomic E-state index is 0.0220. The van der Waals surface area contributed by atoms with Gasteiger partial charge in [-0.2, -0.15) is 0 Å². The first kappa shape index (κ1) is 17.4. The highest BCUT2D eigenvalue weighted by molar-refractivity contribution is 6.33. The van der Waals surface area contributed by atoms with Crippen molar-refractivity contribution in [2.75, 3.05) is 0 Å². The van der Waals surface area contributed by atoms with Crippen molar-refractivity contribution in [3.05, 3.63) is 70.2 Å². The molecule has 122 valence electrons. The number of hydrogen-bond acceptors (Lipinski definition) is 2. The third-order valence-electron chi connectivity index (χ3n) is 3.38. The van der Waals surface area contributed by atoms with Crippen LogP contribution < -0.4 is 5.32 Å². The molecule has 2 N–H and O–H groups in total. The Morgan fingerprint density at radius 3 is 2.39 bits per heavy atom. The summed E-state index contributed by atoms with van der Waals surface area (Å²) in [6.45, 7) is 1.72. The first-order valence-electron chi connectivity index (χ1n) is 7.06. The van der Waals surface area contributed by atoms with Gasteiger partial charge in [-0.3, -0.25) is 4.79 Å². The van der Waals surface area contributed by atoms with Gasteiger partial charge in [0.2, 0.25) is 0 Å². The summed E-state index contributed by atoms with van der Waals surface area (Å²) in [5.41, 5.74) is 0.725. The SMILES string of the molecule is CC(CC(O)c1ccc(F)cc1)NC(=O)c1ccc(F)cc1Cl. The van der Waals surface area contributed by atoms with Gasteiger partial charge in [-0.25, -0.2) is 8.78 Å². The lowest BCUT2D eigenvalue weighted by Crippen LogP contribution is -2.34. The molecule has 0 saturated carbocycles. The van der Waals surface area contributed by atoms with Crippen molar-refractivity contribution in [3.63, 3.8) is 0 Å². The number of aliphatic hydroxyl groups is 1. The summed E-state index contributed by atoms with van der Waals surface area (Å²) >= 11 is 5.84. The lowest BCUT2D eigenvalue weighted by atomic mass is 10.0. The van der Waals surface area contributed by atoms with E-state index in [-0.39, 0.29) is 28.9 Å². The van der Waals surface area contributed by atoms with Crippen LogP contribution in [-0.2, 0) is 0 Å². The Labute approximate surface area is 137 Å². The highest BCUT2D eigenvalue weighted by Crippen LogP contribution is 2.20. The zero-order valence-electron chi connectivity index (χ0n) is 12.4. The van der Waals surface area contributed by atoms with Crippen LogP contribution in [0.5, 0.6) is 0 Å². The molecule has 0 fully saturated rings. The maximum atomic E-state index is 13.0. The van der Waals surface area contributed by atoms with E-state index >= 15 is 0 Å². The molecule has 6 heteroatoms. The third kappa shape index (κ3) is 4.74. The smallest absolute Gasteiger partial charge is 0.253 e. The van der Waals surface area contributed by atoms with E-state index in [9.17, 15) is 18.7 Å². The summed E-state index contributed by atoms with van der Waals surface area (Å²) in [6, 6.07) is 8.67. The number of benzene rings is 2. The van der Waals surface area contributed by atoms with Gasteiger partial charge in [0, 0.05) is 6.04 Å². The van der Waals surface area contributed by atoms with Gasteiger partial charge in [0.15, 0.2) is 0 Å². The van der Waals surface area contributed by atoms with Gasteiger partial charge in [-0.1, -0.05) is 23.7 Å². The number of halogens is 3. The van der Waals surface area contributed by atoms with Gasteiger partial charge in [0.25, 0.3) is 5.91 Å². The van der Waals surface area contributed by atoms with Gasteiger partial charge in [0.05, 0.1) is 16.7 Å². The first-order chi connectivity index (χ1) is 10.9. The molecule has 0 aromatic heterocycles. The number of hydrogen-bond donors (Lipinski definition) is 2. The van der Waals surface area contributed by atoms with Crippen LogP contribution in [0.3, 0.4) is 0 Å². The van der Waals surface area contributed by atoms with E-state index in [1.807, 2.05) is 0 Å².